The average molecular weight is 491 g/mol. The summed E-state index contributed by atoms with van der Waals surface area (Å²) in [7, 11) is 1.35. The molecule has 2 bridgehead atoms. The van der Waals surface area contributed by atoms with Gasteiger partial charge in [0.15, 0.2) is 5.78 Å². The number of ketones is 1. The van der Waals surface area contributed by atoms with Crippen LogP contribution in [0.5, 0.6) is 11.5 Å². The van der Waals surface area contributed by atoms with Gasteiger partial charge < -0.3 is 14.2 Å². The monoisotopic (exact) mass is 490 g/mol. The number of benzene rings is 2. The van der Waals surface area contributed by atoms with E-state index in [1.165, 1.54) is 20.1 Å². The summed E-state index contributed by atoms with van der Waals surface area (Å²) in [6.07, 6.45) is 5.00. The first-order valence-corrected chi connectivity index (χ1v) is 12.1. The Balaban J connectivity index is 1.88. The van der Waals surface area contributed by atoms with Crippen LogP contribution >= 0.6 is 0 Å². The zero-order valence-corrected chi connectivity index (χ0v) is 22.2. The Morgan fingerprint density at radius 3 is 1.61 bits per heavy atom. The largest absolute Gasteiger partial charge is 0.466 e. The highest BCUT2D eigenvalue weighted by Gasteiger charge is 2.41. The summed E-state index contributed by atoms with van der Waals surface area (Å²) in [6.45, 7) is 14.2. The lowest BCUT2D eigenvalue weighted by molar-refractivity contribution is -0.227. The predicted molar refractivity (Wildman–Crippen MR) is 139 cm³/mol. The Morgan fingerprint density at radius 2 is 1.22 bits per heavy atom. The van der Waals surface area contributed by atoms with E-state index in [2.05, 4.69) is 47.6 Å². The Hall–Kier alpha value is -3.38. The summed E-state index contributed by atoms with van der Waals surface area (Å²) in [4.78, 5) is 23.6. The van der Waals surface area contributed by atoms with Crippen LogP contribution in [-0.4, -0.2) is 18.9 Å². The minimum Gasteiger partial charge on any atom is -0.466 e. The van der Waals surface area contributed by atoms with Crippen LogP contribution in [0.3, 0.4) is 0 Å². The number of carbonyl (C=O) groups excluding carboxylic acids is 2. The number of allylic oxidation sites excluding steroid dienone is 1. The van der Waals surface area contributed by atoms with Crippen molar-refractivity contribution in [3.8, 4) is 11.5 Å². The van der Waals surface area contributed by atoms with Gasteiger partial charge in [0.1, 0.15) is 11.5 Å². The molecule has 2 atom stereocenters. The molecule has 0 saturated heterocycles. The fourth-order valence-corrected chi connectivity index (χ4v) is 4.17. The molecule has 0 aliphatic carbocycles. The van der Waals surface area contributed by atoms with Gasteiger partial charge >= 0.3 is 5.97 Å². The van der Waals surface area contributed by atoms with Crippen LogP contribution < -0.4 is 9.47 Å². The van der Waals surface area contributed by atoms with E-state index in [-0.39, 0.29) is 16.6 Å². The summed E-state index contributed by atoms with van der Waals surface area (Å²) in [5, 5.41) is 0. The van der Waals surface area contributed by atoms with Crippen molar-refractivity contribution in [1.29, 1.82) is 0 Å². The van der Waals surface area contributed by atoms with Crippen molar-refractivity contribution in [2.24, 2.45) is 0 Å². The van der Waals surface area contributed by atoms with Crippen molar-refractivity contribution in [3.63, 3.8) is 0 Å². The lowest BCUT2D eigenvalue weighted by atomic mass is 9.83. The van der Waals surface area contributed by atoms with Crippen LogP contribution in [0.4, 0.5) is 0 Å². The van der Waals surface area contributed by atoms with Crippen LogP contribution in [0.25, 0.3) is 12.2 Å². The quantitative estimate of drug-likeness (QED) is 0.357. The molecule has 0 radical (unpaired) electrons. The number of ether oxygens (including phenoxy) is 4. The molecule has 36 heavy (non-hydrogen) atoms. The first-order valence-electron chi connectivity index (χ1n) is 12.1. The maximum Gasteiger partial charge on any atom is 0.330 e. The number of hydrogen-bond donors (Lipinski definition) is 0. The van der Waals surface area contributed by atoms with Gasteiger partial charge in [-0.1, -0.05) is 41.5 Å². The highest BCUT2D eigenvalue weighted by Crippen LogP contribution is 2.52. The Labute approximate surface area is 212 Å². The maximum atomic E-state index is 11.8. The highest BCUT2D eigenvalue weighted by molar-refractivity contribution is 5.92. The van der Waals surface area contributed by atoms with Crippen molar-refractivity contribution >= 4 is 23.9 Å². The standard InChI is InChI=1S/C30H34O6/c1-17(31)9-10-18-13-20(29(2,3)4)15-22-25(18)34-28-23-16-21(30(5,6)7)14-19(11-12-24(32)33-8)26(23)35-27(22)36-28/h9-16,27-28H,1-8H3. The van der Waals surface area contributed by atoms with Crippen LogP contribution in [0.1, 0.15) is 94.4 Å². The zero-order chi connectivity index (χ0) is 26.4. The van der Waals surface area contributed by atoms with Gasteiger partial charge in [0.05, 0.1) is 18.2 Å². The second-order valence-corrected chi connectivity index (χ2v) is 11.3. The molecule has 0 saturated carbocycles. The van der Waals surface area contributed by atoms with E-state index in [9.17, 15) is 9.59 Å². The molecule has 2 heterocycles. The average Bonchev–Trinajstić information content (AvgIpc) is 2.79. The number of methoxy groups -OCH3 is 1. The molecule has 6 nitrogen and oxygen atoms in total. The molecule has 2 aromatic rings. The lowest BCUT2D eigenvalue weighted by Gasteiger charge is -2.40. The Kier molecular flexibility index (Phi) is 6.60. The minimum atomic E-state index is -0.705. The Bertz CT molecular complexity index is 1270. The van der Waals surface area contributed by atoms with Crippen molar-refractivity contribution in [2.45, 2.75) is 71.9 Å². The molecular weight excluding hydrogens is 456 g/mol. The third-order valence-corrected chi connectivity index (χ3v) is 6.33. The summed E-state index contributed by atoms with van der Waals surface area (Å²) in [5.41, 5.74) is 4.86. The topological polar surface area (TPSA) is 71.1 Å². The molecule has 2 aliphatic heterocycles. The van der Waals surface area contributed by atoms with E-state index >= 15 is 0 Å². The molecule has 2 aliphatic rings. The van der Waals surface area contributed by atoms with Crippen LogP contribution in [-0.2, 0) is 29.9 Å². The third kappa shape index (κ3) is 5.09. The van der Waals surface area contributed by atoms with E-state index in [0.29, 0.717) is 11.5 Å². The van der Waals surface area contributed by atoms with Gasteiger partial charge in [0.2, 0.25) is 12.6 Å². The van der Waals surface area contributed by atoms with Gasteiger partial charge in [-0.3, -0.25) is 9.53 Å². The summed E-state index contributed by atoms with van der Waals surface area (Å²) >= 11 is 0. The van der Waals surface area contributed by atoms with Crippen molar-refractivity contribution in [2.75, 3.05) is 7.11 Å². The Morgan fingerprint density at radius 1 is 0.778 bits per heavy atom. The molecule has 0 aromatic heterocycles. The molecular formula is C30H34O6. The van der Waals surface area contributed by atoms with Gasteiger partial charge in [-0.15, -0.1) is 0 Å². The first-order chi connectivity index (χ1) is 16.8. The molecule has 2 aromatic carbocycles. The fourth-order valence-electron chi connectivity index (χ4n) is 4.17. The van der Waals surface area contributed by atoms with Gasteiger partial charge in [-0.05, 0) is 71.4 Å². The van der Waals surface area contributed by atoms with Gasteiger partial charge in [0, 0.05) is 17.2 Å². The van der Waals surface area contributed by atoms with Crippen molar-refractivity contribution in [3.05, 3.63) is 69.8 Å². The molecule has 0 spiro atoms. The molecule has 2 unspecified atom stereocenters. The number of fused-ring (bicyclic) bond motifs is 6. The normalized spacial score (nSPS) is 18.9. The summed E-state index contributed by atoms with van der Waals surface area (Å²) < 4.78 is 23.9. The summed E-state index contributed by atoms with van der Waals surface area (Å²) in [6, 6.07) is 8.15. The van der Waals surface area contributed by atoms with Crippen molar-refractivity contribution in [1.82, 2.24) is 0 Å². The maximum absolute atomic E-state index is 11.8. The number of esters is 1. The highest BCUT2D eigenvalue weighted by atomic mass is 16.8. The number of carbonyl (C=O) groups is 2. The second-order valence-electron chi connectivity index (χ2n) is 11.3. The van der Waals surface area contributed by atoms with Gasteiger partial charge in [-0.25, -0.2) is 4.79 Å². The molecule has 4 rings (SSSR count). The van der Waals surface area contributed by atoms with Crippen LogP contribution in [0, 0.1) is 0 Å². The first kappa shape index (κ1) is 25.7. The fraction of sp³-hybridized carbons (Fsp3) is 0.400. The van der Waals surface area contributed by atoms with Crippen LogP contribution in [0.2, 0.25) is 0 Å². The molecule has 0 fully saturated rings. The van der Waals surface area contributed by atoms with Crippen LogP contribution in [0.15, 0.2) is 36.4 Å². The van der Waals surface area contributed by atoms with Gasteiger partial charge in [-0.2, -0.15) is 0 Å². The summed E-state index contributed by atoms with van der Waals surface area (Å²) in [5.74, 6) is 0.753. The van der Waals surface area contributed by atoms with E-state index < -0.39 is 18.5 Å². The lowest BCUT2D eigenvalue weighted by Crippen LogP contribution is -2.32. The number of rotatable bonds is 4. The number of hydrogen-bond acceptors (Lipinski definition) is 6. The molecule has 0 N–H and O–H groups in total. The van der Waals surface area contributed by atoms with E-state index in [1.54, 1.807) is 18.2 Å². The zero-order valence-electron chi connectivity index (χ0n) is 22.2. The SMILES string of the molecule is COC(=O)C=Cc1cc(C(C)(C)C)cc2c1OC1OC2Oc2c(C=CC(C)=O)cc(C(C)(C)C)cc21. The second kappa shape index (κ2) is 9.25. The van der Waals surface area contributed by atoms with E-state index in [4.69, 9.17) is 18.9 Å². The van der Waals surface area contributed by atoms with Crippen molar-refractivity contribution < 1.29 is 28.5 Å². The van der Waals surface area contributed by atoms with Gasteiger partial charge in [0.25, 0.3) is 0 Å². The molecule has 190 valence electrons. The van der Waals surface area contributed by atoms with E-state index in [1.807, 2.05) is 18.2 Å². The third-order valence-electron chi connectivity index (χ3n) is 6.33. The predicted octanol–water partition coefficient (Wildman–Crippen LogP) is 6.57. The smallest absolute Gasteiger partial charge is 0.330 e. The molecule has 0 amide bonds. The minimum absolute atomic E-state index is 0.0457. The van der Waals surface area contributed by atoms with E-state index in [0.717, 1.165) is 33.4 Å². The molecule has 6 heteroatoms.